The van der Waals surface area contributed by atoms with E-state index in [1.54, 1.807) is 6.92 Å². The fourth-order valence-corrected chi connectivity index (χ4v) is 1.53. The van der Waals surface area contributed by atoms with Crippen molar-refractivity contribution in [2.75, 3.05) is 19.0 Å². The maximum atomic E-state index is 13.5. The van der Waals surface area contributed by atoms with Gasteiger partial charge >= 0.3 is 5.97 Å². The minimum absolute atomic E-state index is 0.0513. The third-order valence-electron chi connectivity index (χ3n) is 1.77. The molecule has 0 aromatic carbocycles. The van der Waals surface area contributed by atoms with E-state index >= 15 is 0 Å². The van der Waals surface area contributed by atoms with Crippen molar-refractivity contribution < 1.29 is 13.9 Å². The van der Waals surface area contributed by atoms with Gasteiger partial charge in [0.15, 0.2) is 16.7 Å². The molecule has 0 aliphatic heterocycles. The Hall–Kier alpha value is -1.07. The summed E-state index contributed by atoms with van der Waals surface area (Å²) in [4.78, 5) is 14.8. The number of aromatic nitrogens is 1. The number of hydrogen-bond acceptors (Lipinski definition) is 4. The molecule has 0 saturated heterocycles. The Morgan fingerprint density at radius 1 is 1.56 bits per heavy atom. The predicted molar refractivity (Wildman–Crippen MR) is 59.7 cm³/mol. The molecule has 0 amide bonds. The Morgan fingerprint density at radius 3 is 2.69 bits per heavy atom. The Balaban J connectivity index is 3.37. The molecule has 16 heavy (non-hydrogen) atoms. The summed E-state index contributed by atoms with van der Waals surface area (Å²) in [6.07, 6.45) is 0. The molecule has 1 aromatic heterocycles. The lowest BCUT2D eigenvalue weighted by Crippen LogP contribution is -2.10. The van der Waals surface area contributed by atoms with Gasteiger partial charge in [-0.05, 0) is 6.92 Å². The van der Waals surface area contributed by atoms with E-state index in [4.69, 9.17) is 23.2 Å². The van der Waals surface area contributed by atoms with Crippen LogP contribution in [0, 0.1) is 5.82 Å². The van der Waals surface area contributed by atoms with Gasteiger partial charge in [0.2, 0.25) is 0 Å². The van der Waals surface area contributed by atoms with Crippen LogP contribution in [0.25, 0.3) is 0 Å². The van der Waals surface area contributed by atoms with E-state index in [0.717, 1.165) is 0 Å². The highest BCUT2D eigenvalue weighted by Crippen LogP contribution is 2.31. The van der Waals surface area contributed by atoms with E-state index < -0.39 is 16.9 Å². The predicted octanol–water partition coefficient (Wildman–Crippen LogP) is 2.75. The fraction of sp³-hybridized carbons (Fsp3) is 0.333. The zero-order valence-electron chi connectivity index (χ0n) is 8.60. The summed E-state index contributed by atoms with van der Waals surface area (Å²) in [5, 5.41) is 2.09. The van der Waals surface area contributed by atoms with Crippen LogP contribution >= 0.6 is 23.2 Å². The number of nitrogens with one attached hydrogen (secondary N) is 1. The smallest absolute Gasteiger partial charge is 0.358 e. The Kier molecular flexibility index (Phi) is 4.32. The minimum Gasteiger partial charge on any atom is -0.464 e. The Labute approximate surface area is 102 Å². The Morgan fingerprint density at radius 2 is 2.19 bits per heavy atom. The largest absolute Gasteiger partial charge is 0.464 e. The third kappa shape index (κ3) is 2.36. The number of ether oxygens (including phenoxy) is 1. The molecule has 0 aliphatic carbocycles. The number of methoxy groups -OCH3 is 1. The molecular weight excluding hydrogens is 258 g/mol. The highest BCUT2D eigenvalue weighted by atomic mass is 35.5. The first-order chi connectivity index (χ1) is 7.52. The van der Waals surface area contributed by atoms with Crippen LogP contribution in [0.4, 0.5) is 10.1 Å². The van der Waals surface area contributed by atoms with Crippen LogP contribution in [0.2, 0.25) is 10.2 Å². The summed E-state index contributed by atoms with van der Waals surface area (Å²) < 4.78 is 18.0. The summed E-state index contributed by atoms with van der Waals surface area (Å²) in [5.74, 6) is -1.56. The summed E-state index contributed by atoms with van der Waals surface area (Å²) >= 11 is 11.3. The van der Waals surface area contributed by atoms with Gasteiger partial charge in [0.25, 0.3) is 0 Å². The van der Waals surface area contributed by atoms with Gasteiger partial charge in [-0.1, -0.05) is 23.2 Å². The Bertz CT molecular complexity index is 426. The zero-order chi connectivity index (χ0) is 12.3. The molecule has 7 heteroatoms. The van der Waals surface area contributed by atoms with E-state index in [9.17, 15) is 9.18 Å². The molecule has 0 saturated carbocycles. The molecule has 1 aromatic rings. The number of anilines is 1. The molecule has 0 fully saturated rings. The number of halogens is 3. The molecule has 0 spiro atoms. The molecule has 0 radical (unpaired) electrons. The van der Waals surface area contributed by atoms with Gasteiger partial charge in [-0.25, -0.2) is 14.2 Å². The van der Waals surface area contributed by atoms with Gasteiger partial charge in [0, 0.05) is 6.54 Å². The number of esters is 1. The van der Waals surface area contributed by atoms with Crippen molar-refractivity contribution in [3.63, 3.8) is 0 Å². The first kappa shape index (κ1) is 13.0. The second-order valence-corrected chi connectivity index (χ2v) is 3.51. The van der Waals surface area contributed by atoms with Gasteiger partial charge in [0.05, 0.1) is 12.8 Å². The van der Waals surface area contributed by atoms with Crippen LogP contribution in [0.5, 0.6) is 0 Å². The number of rotatable bonds is 3. The summed E-state index contributed by atoms with van der Waals surface area (Å²) in [7, 11) is 1.17. The minimum atomic E-state index is -0.791. The fourth-order valence-electron chi connectivity index (χ4n) is 1.08. The highest BCUT2D eigenvalue weighted by molar-refractivity contribution is 6.37. The van der Waals surface area contributed by atoms with Crippen molar-refractivity contribution >= 4 is 34.9 Å². The average Bonchev–Trinajstić information content (AvgIpc) is 2.28. The van der Waals surface area contributed by atoms with Crippen molar-refractivity contribution in [3.8, 4) is 0 Å². The van der Waals surface area contributed by atoms with E-state index in [0.29, 0.717) is 6.54 Å². The maximum Gasteiger partial charge on any atom is 0.358 e. The van der Waals surface area contributed by atoms with Crippen LogP contribution in [0.15, 0.2) is 0 Å². The molecule has 0 bridgehead atoms. The quantitative estimate of drug-likeness (QED) is 0.675. The van der Waals surface area contributed by atoms with Crippen molar-refractivity contribution in [1.82, 2.24) is 4.98 Å². The van der Waals surface area contributed by atoms with Crippen molar-refractivity contribution in [2.24, 2.45) is 0 Å². The molecule has 1 rings (SSSR count). The zero-order valence-corrected chi connectivity index (χ0v) is 10.1. The van der Waals surface area contributed by atoms with Gasteiger partial charge < -0.3 is 10.1 Å². The maximum absolute atomic E-state index is 13.5. The SMILES string of the molecule is CCNc1c(F)c(Cl)nc(C(=O)OC)c1Cl. The van der Waals surface area contributed by atoms with Crippen molar-refractivity contribution in [3.05, 3.63) is 21.7 Å². The summed E-state index contributed by atoms with van der Waals surface area (Å²) in [6.45, 7) is 2.18. The van der Waals surface area contributed by atoms with Crippen molar-refractivity contribution in [1.29, 1.82) is 0 Å². The topological polar surface area (TPSA) is 51.2 Å². The van der Waals surface area contributed by atoms with Crippen LogP contribution < -0.4 is 5.32 Å². The summed E-state index contributed by atoms with van der Waals surface area (Å²) in [5.41, 5.74) is -0.268. The van der Waals surface area contributed by atoms with Gasteiger partial charge in [0.1, 0.15) is 5.02 Å². The number of pyridine rings is 1. The lowest BCUT2D eigenvalue weighted by Gasteiger charge is -2.10. The molecule has 4 nitrogen and oxygen atoms in total. The van der Waals surface area contributed by atoms with E-state index in [2.05, 4.69) is 15.0 Å². The van der Waals surface area contributed by atoms with Gasteiger partial charge in [-0.3, -0.25) is 0 Å². The van der Waals surface area contributed by atoms with Crippen LogP contribution in [-0.2, 0) is 4.74 Å². The molecular formula is C9H9Cl2FN2O2. The highest BCUT2D eigenvalue weighted by Gasteiger charge is 2.22. The van der Waals surface area contributed by atoms with Crippen LogP contribution in [0.3, 0.4) is 0 Å². The second kappa shape index (κ2) is 5.32. The molecule has 88 valence electrons. The normalized spacial score (nSPS) is 10.1. The lowest BCUT2D eigenvalue weighted by molar-refractivity contribution is 0.0594. The number of carbonyl (C=O) groups excluding carboxylic acids is 1. The first-order valence-corrected chi connectivity index (χ1v) is 5.15. The summed E-state index contributed by atoms with van der Waals surface area (Å²) in [6, 6.07) is 0. The first-order valence-electron chi connectivity index (χ1n) is 4.39. The molecule has 0 unspecified atom stereocenters. The monoisotopic (exact) mass is 266 g/mol. The standard InChI is InChI=1S/C9H9Cl2FN2O2/c1-3-13-6-4(10)7(9(15)16-2)14-8(11)5(6)12/h3H2,1-2H3,(H,13,14). The third-order valence-corrected chi connectivity index (χ3v) is 2.39. The van der Waals surface area contributed by atoms with Crippen LogP contribution in [-0.4, -0.2) is 24.6 Å². The van der Waals surface area contributed by atoms with E-state index in [1.807, 2.05) is 0 Å². The second-order valence-electron chi connectivity index (χ2n) is 2.78. The molecule has 0 aliphatic rings. The average molecular weight is 267 g/mol. The van der Waals surface area contributed by atoms with E-state index in [-0.39, 0.29) is 16.4 Å². The van der Waals surface area contributed by atoms with Crippen LogP contribution in [0.1, 0.15) is 17.4 Å². The van der Waals surface area contributed by atoms with Gasteiger partial charge in [-0.15, -0.1) is 0 Å². The lowest BCUT2D eigenvalue weighted by atomic mass is 10.3. The number of hydrogen-bond donors (Lipinski definition) is 1. The van der Waals surface area contributed by atoms with Gasteiger partial charge in [-0.2, -0.15) is 0 Å². The molecule has 1 N–H and O–H groups in total. The number of nitrogens with zero attached hydrogens (tertiary/aromatic N) is 1. The number of carbonyl (C=O) groups is 1. The molecule has 0 atom stereocenters. The molecule has 1 heterocycles. The van der Waals surface area contributed by atoms with Crippen molar-refractivity contribution in [2.45, 2.75) is 6.92 Å². The van der Waals surface area contributed by atoms with E-state index in [1.165, 1.54) is 7.11 Å².